The summed E-state index contributed by atoms with van der Waals surface area (Å²) in [7, 11) is 0. The zero-order chi connectivity index (χ0) is 10.7. The lowest BCUT2D eigenvalue weighted by atomic mass is 9.90. The minimum atomic E-state index is -1.33. The van der Waals surface area contributed by atoms with Crippen LogP contribution in [0.15, 0.2) is 4.42 Å². The fourth-order valence-electron chi connectivity index (χ4n) is 2.04. The first-order chi connectivity index (χ1) is 7.11. The van der Waals surface area contributed by atoms with Crippen LogP contribution in [0.4, 0.5) is 0 Å². The molecule has 0 spiro atoms. The first-order valence-electron chi connectivity index (χ1n) is 4.32. The van der Waals surface area contributed by atoms with Gasteiger partial charge in [-0.05, 0) is 0 Å². The molecule has 1 unspecified atom stereocenters. The Balaban J connectivity index is 2.26. The summed E-state index contributed by atoms with van der Waals surface area (Å²) in [5, 5.41) is 11.3. The zero-order valence-electron chi connectivity index (χ0n) is 7.36. The predicted octanol–water partition coefficient (Wildman–Crippen LogP) is -0.112. The van der Waals surface area contributed by atoms with Gasteiger partial charge in [-0.1, -0.05) is 0 Å². The third-order valence-electron chi connectivity index (χ3n) is 2.68. The maximum absolute atomic E-state index is 11.5. The fourth-order valence-corrected chi connectivity index (χ4v) is 2.04. The van der Waals surface area contributed by atoms with E-state index in [1.807, 2.05) is 0 Å². The number of carbonyl (C=O) groups is 3. The van der Waals surface area contributed by atoms with Gasteiger partial charge in [0.05, 0.1) is 5.56 Å². The molecule has 3 heterocycles. The lowest BCUT2D eigenvalue weighted by Crippen LogP contribution is -2.22. The van der Waals surface area contributed by atoms with Crippen LogP contribution in [0.1, 0.15) is 38.2 Å². The number of carbonyl (C=O) groups excluding carboxylic acids is 2. The topological polar surface area (TPSA) is 96.6 Å². The van der Waals surface area contributed by atoms with Gasteiger partial charge < -0.3 is 14.8 Å². The van der Waals surface area contributed by atoms with E-state index in [9.17, 15) is 14.4 Å². The molecular weight excluding hydrogens is 202 g/mol. The minimum Gasteiger partial charge on any atom is -0.480 e. The number of fused-ring (bicyclic) bond motifs is 5. The maximum Gasteiger partial charge on any atom is 0.322 e. The van der Waals surface area contributed by atoms with E-state index in [2.05, 4.69) is 5.32 Å². The van der Waals surface area contributed by atoms with E-state index < -0.39 is 17.7 Å². The quantitative estimate of drug-likeness (QED) is 0.626. The van der Waals surface area contributed by atoms with Crippen molar-refractivity contribution in [2.75, 3.05) is 0 Å². The maximum atomic E-state index is 11.5. The van der Waals surface area contributed by atoms with Gasteiger partial charge in [-0.25, -0.2) is 0 Å². The van der Waals surface area contributed by atoms with Gasteiger partial charge >= 0.3 is 5.97 Å². The lowest BCUT2D eigenvalue weighted by Gasteiger charge is -2.04. The number of ketones is 1. The average Bonchev–Trinajstić information content (AvgIpc) is 2.76. The number of nitrogens with one attached hydrogen (secondary N) is 1. The molecule has 1 amide bonds. The van der Waals surface area contributed by atoms with Crippen LogP contribution in [0, 0.1) is 0 Å². The van der Waals surface area contributed by atoms with Crippen LogP contribution in [0.2, 0.25) is 0 Å². The highest BCUT2D eigenvalue weighted by atomic mass is 16.4. The van der Waals surface area contributed by atoms with E-state index in [0.29, 0.717) is 5.56 Å². The van der Waals surface area contributed by atoms with Crippen LogP contribution in [-0.2, 0) is 11.3 Å². The van der Waals surface area contributed by atoms with Gasteiger partial charge in [-0.15, -0.1) is 0 Å². The minimum absolute atomic E-state index is 0.0192. The van der Waals surface area contributed by atoms with Crippen LogP contribution >= 0.6 is 0 Å². The SMILES string of the molecule is O=C1NCc2c3oc(c21)C(C(=O)O)C3=O. The third-order valence-corrected chi connectivity index (χ3v) is 2.68. The molecule has 1 aromatic rings. The van der Waals surface area contributed by atoms with Crippen molar-refractivity contribution in [1.82, 2.24) is 5.32 Å². The summed E-state index contributed by atoms with van der Waals surface area (Å²) in [6.45, 7) is 0.241. The number of carboxylic acid groups (broad SMARTS) is 1. The summed E-state index contributed by atoms with van der Waals surface area (Å²) in [6, 6.07) is 0. The highest BCUT2D eigenvalue weighted by Gasteiger charge is 2.49. The fraction of sp³-hybridized carbons (Fsp3) is 0.222. The molecule has 0 saturated carbocycles. The Morgan fingerprint density at radius 2 is 2.20 bits per heavy atom. The standard InChI is InChI=1S/C9H5NO5/c11-5-4(9(13)14)7-3-2(6(5)15-7)1-10-8(3)12/h4H,1H2,(H,10,12)(H,13,14). The van der Waals surface area contributed by atoms with Crippen molar-refractivity contribution in [3.05, 3.63) is 22.6 Å². The Labute approximate surface area is 82.9 Å². The normalized spacial score (nSPS) is 21.7. The van der Waals surface area contributed by atoms with Crippen molar-refractivity contribution < 1.29 is 23.9 Å². The molecule has 2 bridgehead atoms. The van der Waals surface area contributed by atoms with Crippen LogP contribution in [0.5, 0.6) is 0 Å². The van der Waals surface area contributed by atoms with Crippen LogP contribution in [0.3, 0.4) is 0 Å². The molecule has 2 N–H and O–H groups in total. The molecule has 0 fully saturated rings. The van der Waals surface area contributed by atoms with E-state index in [4.69, 9.17) is 9.52 Å². The van der Waals surface area contributed by atoms with Gasteiger partial charge in [-0.2, -0.15) is 0 Å². The number of Topliss-reactive ketones (excluding diaryl/α,β-unsaturated/α-hetero) is 1. The third kappa shape index (κ3) is 0.769. The van der Waals surface area contributed by atoms with Gasteiger partial charge in [0.25, 0.3) is 5.91 Å². The number of amides is 1. The average molecular weight is 207 g/mol. The Hall–Kier alpha value is -2.11. The Morgan fingerprint density at radius 3 is 2.87 bits per heavy atom. The number of aliphatic carboxylic acids is 1. The Morgan fingerprint density at radius 1 is 1.47 bits per heavy atom. The van der Waals surface area contributed by atoms with Gasteiger partial charge in [0.1, 0.15) is 5.76 Å². The summed E-state index contributed by atoms with van der Waals surface area (Å²) in [5.41, 5.74) is 0.731. The summed E-state index contributed by atoms with van der Waals surface area (Å²) >= 11 is 0. The molecule has 0 aromatic carbocycles. The van der Waals surface area contributed by atoms with E-state index in [0.717, 1.165) is 0 Å². The van der Waals surface area contributed by atoms with Crippen molar-refractivity contribution in [2.45, 2.75) is 12.5 Å². The Kier molecular flexibility index (Phi) is 1.25. The van der Waals surface area contributed by atoms with Gasteiger partial charge in [0.2, 0.25) is 5.78 Å². The Bertz CT molecular complexity index is 527. The smallest absolute Gasteiger partial charge is 0.322 e. The van der Waals surface area contributed by atoms with Crippen molar-refractivity contribution in [3.63, 3.8) is 0 Å². The van der Waals surface area contributed by atoms with Crippen molar-refractivity contribution in [2.24, 2.45) is 0 Å². The van der Waals surface area contributed by atoms with E-state index in [-0.39, 0.29) is 29.5 Å². The number of hydrogen-bond acceptors (Lipinski definition) is 4. The second kappa shape index (κ2) is 2.28. The van der Waals surface area contributed by atoms with Gasteiger partial charge in [0.15, 0.2) is 11.7 Å². The number of furan rings is 1. The molecule has 2 aliphatic rings. The first-order valence-corrected chi connectivity index (χ1v) is 4.32. The largest absolute Gasteiger partial charge is 0.480 e. The second-order valence-corrected chi connectivity index (χ2v) is 3.47. The molecule has 76 valence electrons. The number of rotatable bonds is 1. The molecule has 2 aliphatic heterocycles. The first kappa shape index (κ1) is 8.22. The molecule has 15 heavy (non-hydrogen) atoms. The summed E-state index contributed by atoms with van der Waals surface area (Å²) < 4.78 is 5.06. The summed E-state index contributed by atoms with van der Waals surface area (Å²) in [6.07, 6.45) is 0. The van der Waals surface area contributed by atoms with Crippen LogP contribution in [-0.4, -0.2) is 22.8 Å². The van der Waals surface area contributed by atoms with Crippen molar-refractivity contribution in [3.8, 4) is 0 Å². The van der Waals surface area contributed by atoms with Crippen molar-refractivity contribution in [1.29, 1.82) is 0 Å². The molecule has 1 aromatic heterocycles. The molecule has 0 aliphatic carbocycles. The highest BCUT2D eigenvalue weighted by molar-refractivity contribution is 6.18. The number of hydrogen-bond donors (Lipinski definition) is 2. The molecule has 3 rings (SSSR count). The lowest BCUT2D eigenvalue weighted by molar-refractivity contribution is -0.137. The highest BCUT2D eigenvalue weighted by Crippen LogP contribution is 2.40. The van der Waals surface area contributed by atoms with Crippen molar-refractivity contribution >= 4 is 17.7 Å². The van der Waals surface area contributed by atoms with E-state index >= 15 is 0 Å². The van der Waals surface area contributed by atoms with E-state index in [1.165, 1.54) is 0 Å². The molecule has 6 nitrogen and oxygen atoms in total. The summed E-state index contributed by atoms with van der Waals surface area (Å²) in [4.78, 5) is 33.7. The molecule has 6 heteroatoms. The van der Waals surface area contributed by atoms with Gasteiger partial charge in [0, 0.05) is 12.1 Å². The zero-order valence-corrected chi connectivity index (χ0v) is 7.36. The predicted molar refractivity (Wildman–Crippen MR) is 44.6 cm³/mol. The van der Waals surface area contributed by atoms with Crippen LogP contribution < -0.4 is 5.32 Å². The molecular formula is C9H5NO5. The second-order valence-electron chi connectivity index (χ2n) is 3.47. The van der Waals surface area contributed by atoms with Gasteiger partial charge in [-0.3, -0.25) is 14.4 Å². The monoisotopic (exact) mass is 207 g/mol. The molecule has 1 atom stereocenters. The molecule has 0 saturated heterocycles. The van der Waals surface area contributed by atoms with Crippen LogP contribution in [0.25, 0.3) is 0 Å². The molecule has 0 radical (unpaired) electrons. The van der Waals surface area contributed by atoms with E-state index in [1.54, 1.807) is 0 Å². The summed E-state index contributed by atoms with van der Waals surface area (Å²) in [5.74, 6) is -3.54. The number of carboxylic acids is 1.